The van der Waals surface area contributed by atoms with Crippen molar-refractivity contribution in [2.45, 2.75) is 32.3 Å². The third-order valence-electron chi connectivity index (χ3n) is 3.35. The van der Waals surface area contributed by atoms with Crippen LogP contribution in [0, 0.1) is 0 Å². The lowest BCUT2D eigenvalue weighted by atomic mass is 10.2. The van der Waals surface area contributed by atoms with Crippen molar-refractivity contribution in [1.82, 2.24) is 13.9 Å². The monoisotopic (exact) mass is 293 g/mol. The number of ether oxygens (including phenoxy) is 1. The van der Waals surface area contributed by atoms with E-state index in [0.717, 1.165) is 39.0 Å². The predicted molar refractivity (Wildman–Crippen MR) is 76.3 cm³/mol. The Balaban J connectivity index is 2.38. The van der Waals surface area contributed by atoms with Crippen molar-refractivity contribution < 1.29 is 13.2 Å². The Kier molecular flexibility index (Phi) is 7.23. The van der Waals surface area contributed by atoms with Crippen LogP contribution in [0.3, 0.4) is 0 Å². The van der Waals surface area contributed by atoms with Crippen LogP contribution in [0.25, 0.3) is 0 Å². The number of likely N-dealkylation sites (N-methyl/N-ethyl adjacent to an activating group) is 1. The molecule has 114 valence electrons. The number of hydrogen-bond donors (Lipinski definition) is 1. The summed E-state index contributed by atoms with van der Waals surface area (Å²) in [5.74, 6) is 0. The molecule has 1 aliphatic rings. The molecule has 1 aliphatic heterocycles. The molecular formula is C12H27N3O3S. The molecule has 0 aromatic rings. The first kappa shape index (κ1) is 16.8. The van der Waals surface area contributed by atoms with Crippen LogP contribution in [0.5, 0.6) is 0 Å². The minimum atomic E-state index is -3.35. The van der Waals surface area contributed by atoms with E-state index in [9.17, 15) is 8.42 Å². The van der Waals surface area contributed by atoms with Gasteiger partial charge in [0, 0.05) is 33.8 Å². The second-order valence-electron chi connectivity index (χ2n) is 4.95. The highest BCUT2D eigenvalue weighted by Gasteiger charge is 2.27. The van der Waals surface area contributed by atoms with E-state index in [1.54, 1.807) is 14.1 Å². The first-order valence-electron chi connectivity index (χ1n) is 6.98. The lowest BCUT2D eigenvalue weighted by Crippen LogP contribution is -2.43. The van der Waals surface area contributed by atoms with E-state index >= 15 is 0 Å². The zero-order valence-corrected chi connectivity index (χ0v) is 13.1. The molecule has 0 radical (unpaired) electrons. The van der Waals surface area contributed by atoms with E-state index < -0.39 is 10.2 Å². The van der Waals surface area contributed by atoms with Gasteiger partial charge < -0.3 is 10.1 Å². The van der Waals surface area contributed by atoms with Crippen molar-refractivity contribution in [1.29, 1.82) is 0 Å². The topological polar surface area (TPSA) is 61.9 Å². The fourth-order valence-corrected chi connectivity index (χ4v) is 3.32. The molecule has 1 heterocycles. The minimum Gasteiger partial charge on any atom is -0.377 e. The highest BCUT2D eigenvalue weighted by molar-refractivity contribution is 7.86. The first-order chi connectivity index (χ1) is 8.98. The molecule has 19 heavy (non-hydrogen) atoms. The van der Waals surface area contributed by atoms with Crippen LogP contribution in [-0.4, -0.2) is 70.0 Å². The lowest BCUT2D eigenvalue weighted by Gasteiger charge is -2.26. The molecule has 0 aliphatic carbocycles. The van der Waals surface area contributed by atoms with Crippen LogP contribution in [0.15, 0.2) is 0 Å². The van der Waals surface area contributed by atoms with E-state index in [0.29, 0.717) is 13.1 Å². The minimum absolute atomic E-state index is 0.0509. The molecule has 7 heteroatoms. The summed E-state index contributed by atoms with van der Waals surface area (Å²) in [5, 5.41) is 3.19. The van der Waals surface area contributed by atoms with Gasteiger partial charge in [-0.1, -0.05) is 6.92 Å². The fraction of sp³-hybridized carbons (Fsp3) is 1.00. The summed E-state index contributed by atoms with van der Waals surface area (Å²) >= 11 is 0. The molecule has 0 aromatic carbocycles. The Bertz CT molecular complexity index is 342. The van der Waals surface area contributed by atoms with Gasteiger partial charge >= 0.3 is 0 Å². The maximum atomic E-state index is 12.3. The Morgan fingerprint density at radius 1 is 1.32 bits per heavy atom. The molecule has 0 aromatic heterocycles. The first-order valence-corrected chi connectivity index (χ1v) is 8.38. The van der Waals surface area contributed by atoms with Gasteiger partial charge in [0.15, 0.2) is 0 Å². The molecule has 1 unspecified atom stereocenters. The van der Waals surface area contributed by atoms with Crippen LogP contribution in [0.1, 0.15) is 26.2 Å². The van der Waals surface area contributed by atoms with Crippen LogP contribution < -0.4 is 5.32 Å². The molecule has 1 rings (SSSR count). The molecule has 1 saturated heterocycles. The van der Waals surface area contributed by atoms with Gasteiger partial charge in [-0.05, 0) is 32.4 Å². The summed E-state index contributed by atoms with van der Waals surface area (Å²) in [7, 11) is -0.0997. The zero-order valence-electron chi connectivity index (χ0n) is 12.3. The summed E-state index contributed by atoms with van der Waals surface area (Å²) in [6.45, 7) is 5.51. The SMILES string of the molecule is CCNCCCN(C)S(=O)(=O)N(C)CC1CCCO1. The molecule has 1 atom stereocenters. The largest absolute Gasteiger partial charge is 0.377 e. The smallest absolute Gasteiger partial charge is 0.281 e. The van der Waals surface area contributed by atoms with E-state index in [-0.39, 0.29) is 6.10 Å². The quantitative estimate of drug-likeness (QED) is 0.620. The second-order valence-corrected chi connectivity index (χ2v) is 7.09. The summed E-state index contributed by atoms with van der Waals surface area (Å²) in [5.41, 5.74) is 0. The highest BCUT2D eigenvalue weighted by Crippen LogP contribution is 2.15. The van der Waals surface area contributed by atoms with Crippen LogP contribution in [0.4, 0.5) is 0 Å². The van der Waals surface area contributed by atoms with E-state index in [1.165, 1.54) is 8.61 Å². The van der Waals surface area contributed by atoms with Gasteiger partial charge in [0.1, 0.15) is 0 Å². The van der Waals surface area contributed by atoms with Crippen LogP contribution >= 0.6 is 0 Å². The molecular weight excluding hydrogens is 266 g/mol. The molecule has 0 bridgehead atoms. The highest BCUT2D eigenvalue weighted by atomic mass is 32.2. The van der Waals surface area contributed by atoms with Crippen molar-refractivity contribution in [3.63, 3.8) is 0 Å². The Labute approximate surface area is 117 Å². The second kappa shape index (κ2) is 8.16. The van der Waals surface area contributed by atoms with Crippen molar-refractivity contribution in [2.24, 2.45) is 0 Å². The maximum absolute atomic E-state index is 12.3. The van der Waals surface area contributed by atoms with Gasteiger partial charge in [0.05, 0.1) is 6.10 Å². The summed E-state index contributed by atoms with van der Waals surface area (Å²) in [4.78, 5) is 0. The van der Waals surface area contributed by atoms with E-state index in [4.69, 9.17) is 4.74 Å². The zero-order chi connectivity index (χ0) is 14.3. The van der Waals surface area contributed by atoms with Crippen LogP contribution in [0.2, 0.25) is 0 Å². The van der Waals surface area contributed by atoms with E-state index in [2.05, 4.69) is 5.32 Å². The normalized spacial score (nSPS) is 20.6. The number of rotatable bonds is 9. The van der Waals surface area contributed by atoms with Gasteiger partial charge in [0.25, 0.3) is 10.2 Å². The standard InChI is InChI=1S/C12H27N3O3S/c1-4-13-8-6-9-14(2)19(16,17)15(3)11-12-7-5-10-18-12/h12-13H,4-11H2,1-3H3. The van der Waals surface area contributed by atoms with Gasteiger partial charge in [-0.15, -0.1) is 0 Å². The molecule has 0 saturated carbocycles. The third kappa shape index (κ3) is 5.35. The number of hydrogen-bond acceptors (Lipinski definition) is 4. The van der Waals surface area contributed by atoms with Gasteiger partial charge in [-0.2, -0.15) is 17.0 Å². The van der Waals surface area contributed by atoms with Crippen molar-refractivity contribution in [3.8, 4) is 0 Å². The van der Waals surface area contributed by atoms with Gasteiger partial charge in [0.2, 0.25) is 0 Å². The van der Waals surface area contributed by atoms with Crippen LogP contribution in [-0.2, 0) is 14.9 Å². The predicted octanol–water partition coefficient (Wildman–Crippen LogP) is 0.273. The van der Waals surface area contributed by atoms with Gasteiger partial charge in [-0.3, -0.25) is 0 Å². The number of nitrogens with one attached hydrogen (secondary N) is 1. The molecule has 0 spiro atoms. The molecule has 0 amide bonds. The molecule has 1 fully saturated rings. The fourth-order valence-electron chi connectivity index (χ4n) is 2.13. The van der Waals surface area contributed by atoms with Crippen molar-refractivity contribution in [2.75, 3.05) is 46.9 Å². The summed E-state index contributed by atoms with van der Waals surface area (Å²) < 4.78 is 32.8. The Hall–Kier alpha value is -0.210. The molecule has 1 N–H and O–H groups in total. The number of nitrogens with zero attached hydrogens (tertiary/aromatic N) is 2. The summed E-state index contributed by atoms with van der Waals surface area (Å²) in [6, 6.07) is 0. The average molecular weight is 293 g/mol. The maximum Gasteiger partial charge on any atom is 0.281 e. The molecule has 6 nitrogen and oxygen atoms in total. The Morgan fingerprint density at radius 3 is 2.63 bits per heavy atom. The summed E-state index contributed by atoms with van der Waals surface area (Å²) in [6.07, 6.45) is 2.84. The van der Waals surface area contributed by atoms with Gasteiger partial charge in [-0.25, -0.2) is 0 Å². The average Bonchev–Trinajstić information content (AvgIpc) is 2.87. The van der Waals surface area contributed by atoms with Crippen molar-refractivity contribution >= 4 is 10.2 Å². The Morgan fingerprint density at radius 2 is 2.05 bits per heavy atom. The third-order valence-corrected chi connectivity index (χ3v) is 5.26. The lowest BCUT2D eigenvalue weighted by molar-refractivity contribution is 0.0967. The van der Waals surface area contributed by atoms with E-state index in [1.807, 2.05) is 6.92 Å². The van der Waals surface area contributed by atoms with Crippen molar-refractivity contribution in [3.05, 3.63) is 0 Å².